The molecule has 0 saturated heterocycles. The van der Waals surface area contributed by atoms with Gasteiger partial charge in [0.2, 0.25) is 0 Å². The van der Waals surface area contributed by atoms with E-state index in [1.54, 1.807) is 6.08 Å². The summed E-state index contributed by atoms with van der Waals surface area (Å²) in [4.78, 5) is 11.7. The van der Waals surface area contributed by atoms with Gasteiger partial charge in [0.1, 0.15) is 5.69 Å². The lowest BCUT2D eigenvalue weighted by Gasteiger charge is -2.23. The quantitative estimate of drug-likeness (QED) is 0.389. The number of hydrogen-bond donors (Lipinski definition) is 0. The summed E-state index contributed by atoms with van der Waals surface area (Å²) in [6.45, 7) is 2.18. The lowest BCUT2D eigenvalue weighted by atomic mass is 10.1. The van der Waals surface area contributed by atoms with E-state index in [4.69, 9.17) is 0 Å². The number of carbonyl (C=O) groups excluding carboxylic acids is 1. The molecule has 1 aromatic carbocycles. The molecule has 0 spiro atoms. The maximum atomic E-state index is 11.7. The molecular formula is C18H28NO+. The van der Waals surface area contributed by atoms with Gasteiger partial charge in [-0.2, -0.15) is 0 Å². The molecule has 110 valence electrons. The standard InChI is InChI=1S/C18H28NO/c1-5-6-7-8-9-18(20)15-12-16-10-13-17(14-11-16)19(2,3)4/h10-15H,5-9H2,1-4H3/q+1. The Bertz CT molecular complexity index is 437. The van der Waals surface area contributed by atoms with Crippen LogP contribution in [0.4, 0.5) is 5.69 Å². The van der Waals surface area contributed by atoms with Gasteiger partial charge in [0.15, 0.2) is 5.78 Å². The molecule has 2 nitrogen and oxygen atoms in total. The van der Waals surface area contributed by atoms with Crippen molar-refractivity contribution in [2.75, 3.05) is 21.1 Å². The molecule has 0 radical (unpaired) electrons. The molecule has 0 fully saturated rings. The van der Waals surface area contributed by atoms with Gasteiger partial charge in [-0.15, -0.1) is 0 Å². The van der Waals surface area contributed by atoms with Gasteiger partial charge in [0.05, 0.1) is 21.1 Å². The summed E-state index contributed by atoms with van der Waals surface area (Å²) in [5.74, 6) is 0.233. The number of nitrogens with zero attached hydrogens (tertiary/aromatic N) is 1. The van der Waals surface area contributed by atoms with E-state index in [-0.39, 0.29) is 5.78 Å². The molecule has 0 heterocycles. The maximum Gasteiger partial charge on any atom is 0.155 e. The van der Waals surface area contributed by atoms with E-state index in [1.165, 1.54) is 18.5 Å². The van der Waals surface area contributed by atoms with Gasteiger partial charge in [-0.1, -0.05) is 32.3 Å². The molecule has 0 aliphatic rings. The van der Waals surface area contributed by atoms with Crippen LogP contribution in [0.3, 0.4) is 0 Å². The Labute approximate surface area is 123 Å². The first-order chi connectivity index (χ1) is 9.43. The van der Waals surface area contributed by atoms with Crippen LogP contribution in [-0.2, 0) is 4.79 Å². The zero-order valence-electron chi connectivity index (χ0n) is 13.4. The highest BCUT2D eigenvalue weighted by Gasteiger charge is 2.10. The van der Waals surface area contributed by atoms with Crippen LogP contribution in [0.2, 0.25) is 0 Å². The number of carbonyl (C=O) groups is 1. The Balaban J connectivity index is 2.47. The van der Waals surface area contributed by atoms with Gasteiger partial charge in [-0.3, -0.25) is 9.28 Å². The topological polar surface area (TPSA) is 17.1 Å². The summed E-state index contributed by atoms with van der Waals surface area (Å²) in [6.07, 6.45) is 8.92. The molecule has 0 N–H and O–H groups in total. The van der Waals surface area contributed by atoms with Crippen LogP contribution in [0.15, 0.2) is 30.3 Å². The van der Waals surface area contributed by atoms with Crippen LogP contribution in [0.5, 0.6) is 0 Å². The Morgan fingerprint density at radius 2 is 1.70 bits per heavy atom. The third-order valence-electron chi connectivity index (χ3n) is 3.41. The van der Waals surface area contributed by atoms with Crippen molar-refractivity contribution in [2.24, 2.45) is 0 Å². The minimum absolute atomic E-state index is 0.233. The number of rotatable bonds is 8. The van der Waals surface area contributed by atoms with Crippen LogP contribution < -0.4 is 4.48 Å². The molecule has 0 saturated carbocycles. The van der Waals surface area contributed by atoms with E-state index in [0.717, 1.165) is 22.9 Å². The van der Waals surface area contributed by atoms with Gasteiger partial charge >= 0.3 is 0 Å². The van der Waals surface area contributed by atoms with Crippen molar-refractivity contribution in [1.29, 1.82) is 0 Å². The predicted octanol–water partition coefficient (Wildman–Crippen LogP) is 4.44. The predicted molar refractivity (Wildman–Crippen MR) is 88.8 cm³/mol. The zero-order chi connectivity index (χ0) is 15.0. The normalized spacial score (nSPS) is 12.0. The second-order valence-corrected chi connectivity index (χ2v) is 6.21. The third kappa shape index (κ3) is 6.16. The smallest absolute Gasteiger partial charge is 0.155 e. The lowest BCUT2D eigenvalue weighted by Crippen LogP contribution is -2.34. The van der Waals surface area contributed by atoms with E-state index in [0.29, 0.717) is 6.42 Å². The number of unbranched alkanes of at least 4 members (excludes halogenated alkanes) is 3. The second kappa shape index (κ2) is 8.01. The summed E-state index contributed by atoms with van der Waals surface area (Å²) in [5.41, 5.74) is 2.34. The highest BCUT2D eigenvalue weighted by atomic mass is 16.1. The Hall–Kier alpha value is -1.41. The summed E-state index contributed by atoms with van der Waals surface area (Å²) in [6, 6.07) is 8.37. The fraction of sp³-hybridized carbons (Fsp3) is 0.500. The maximum absolute atomic E-state index is 11.7. The van der Waals surface area contributed by atoms with Crippen molar-refractivity contribution in [3.8, 4) is 0 Å². The van der Waals surface area contributed by atoms with Crippen LogP contribution in [0, 0.1) is 0 Å². The highest BCUT2D eigenvalue weighted by Crippen LogP contribution is 2.17. The Morgan fingerprint density at radius 3 is 2.25 bits per heavy atom. The van der Waals surface area contributed by atoms with E-state index in [2.05, 4.69) is 52.3 Å². The fourth-order valence-corrected chi connectivity index (χ4v) is 2.03. The van der Waals surface area contributed by atoms with E-state index < -0.39 is 0 Å². The number of ketones is 1. The third-order valence-corrected chi connectivity index (χ3v) is 3.41. The van der Waals surface area contributed by atoms with Crippen molar-refractivity contribution in [2.45, 2.75) is 39.0 Å². The van der Waals surface area contributed by atoms with E-state index in [1.807, 2.05) is 6.08 Å². The van der Waals surface area contributed by atoms with Crippen molar-refractivity contribution in [1.82, 2.24) is 4.48 Å². The molecule has 0 bridgehead atoms. The minimum Gasteiger partial charge on any atom is -0.298 e. The van der Waals surface area contributed by atoms with Crippen molar-refractivity contribution < 1.29 is 4.79 Å². The van der Waals surface area contributed by atoms with E-state index >= 15 is 0 Å². The summed E-state index contributed by atoms with van der Waals surface area (Å²) >= 11 is 0. The van der Waals surface area contributed by atoms with Crippen LogP contribution in [0.1, 0.15) is 44.6 Å². The molecule has 1 rings (SSSR count). The molecule has 2 heteroatoms. The molecule has 0 aliphatic heterocycles. The van der Waals surface area contributed by atoms with Gasteiger partial charge in [-0.05, 0) is 42.3 Å². The van der Waals surface area contributed by atoms with Gasteiger partial charge in [0.25, 0.3) is 0 Å². The Morgan fingerprint density at radius 1 is 1.05 bits per heavy atom. The van der Waals surface area contributed by atoms with Crippen LogP contribution in [0.25, 0.3) is 6.08 Å². The molecule has 0 aromatic heterocycles. The van der Waals surface area contributed by atoms with Crippen molar-refractivity contribution in [3.63, 3.8) is 0 Å². The number of allylic oxidation sites excluding steroid dienone is 1. The fourth-order valence-electron chi connectivity index (χ4n) is 2.03. The molecule has 0 atom stereocenters. The SMILES string of the molecule is CCCCCCC(=O)C=Cc1ccc([N+](C)(C)C)cc1. The van der Waals surface area contributed by atoms with Crippen LogP contribution in [-0.4, -0.2) is 26.9 Å². The molecule has 0 unspecified atom stereocenters. The second-order valence-electron chi connectivity index (χ2n) is 6.21. The summed E-state index contributed by atoms with van der Waals surface area (Å²) < 4.78 is 0.806. The molecular weight excluding hydrogens is 246 g/mol. The summed E-state index contributed by atoms with van der Waals surface area (Å²) in [5, 5.41) is 0. The molecule has 1 aromatic rings. The molecule has 20 heavy (non-hydrogen) atoms. The number of hydrogen-bond acceptors (Lipinski definition) is 1. The average molecular weight is 274 g/mol. The first-order valence-electron chi connectivity index (χ1n) is 7.56. The first-order valence-corrected chi connectivity index (χ1v) is 7.56. The molecule has 0 aliphatic carbocycles. The average Bonchev–Trinajstić information content (AvgIpc) is 2.41. The lowest BCUT2D eigenvalue weighted by molar-refractivity contribution is -0.114. The largest absolute Gasteiger partial charge is 0.298 e. The van der Waals surface area contributed by atoms with Gasteiger partial charge < -0.3 is 0 Å². The molecule has 0 amide bonds. The van der Waals surface area contributed by atoms with Gasteiger partial charge in [-0.25, -0.2) is 0 Å². The van der Waals surface area contributed by atoms with Gasteiger partial charge in [0, 0.05) is 6.42 Å². The minimum atomic E-state index is 0.233. The van der Waals surface area contributed by atoms with E-state index in [9.17, 15) is 4.79 Å². The Kier molecular flexibility index (Phi) is 6.66. The first kappa shape index (κ1) is 16.6. The van der Waals surface area contributed by atoms with Crippen molar-refractivity contribution >= 4 is 17.5 Å². The number of benzene rings is 1. The monoisotopic (exact) mass is 274 g/mol. The highest BCUT2D eigenvalue weighted by molar-refractivity contribution is 5.93. The summed E-state index contributed by atoms with van der Waals surface area (Å²) in [7, 11) is 6.43. The zero-order valence-corrected chi connectivity index (χ0v) is 13.4. The van der Waals surface area contributed by atoms with Crippen molar-refractivity contribution in [3.05, 3.63) is 35.9 Å². The number of quaternary nitrogens is 1. The van der Waals surface area contributed by atoms with Crippen LogP contribution >= 0.6 is 0 Å².